The first-order chi connectivity index (χ1) is 29.0. The van der Waals surface area contributed by atoms with Crippen molar-refractivity contribution in [2.75, 3.05) is 13.2 Å². The average molecular weight is 823 g/mol. The molecule has 0 amide bonds. The number of hydrogen-bond acceptors (Lipinski definition) is 6. The van der Waals surface area contributed by atoms with Crippen molar-refractivity contribution in [3.63, 3.8) is 0 Å². The van der Waals surface area contributed by atoms with Crippen LogP contribution in [0.15, 0.2) is 72.9 Å². The Morgan fingerprint density at radius 1 is 0.356 bits per heavy atom. The van der Waals surface area contributed by atoms with Crippen molar-refractivity contribution < 1.29 is 28.6 Å². The highest BCUT2D eigenvalue weighted by Crippen LogP contribution is 2.14. The summed E-state index contributed by atoms with van der Waals surface area (Å²) in [4.78, 5) is 37.8. The van der Waals surface area contributed by atoms with E-state index in [0.717, 1.165) is 96.3 Å². The Bertz CT molecular complexity index is 1130. The Morgan fingerprint density at radius 3 is 1.15 bits per heavy atom. The van der Waals surface area contributed by atoms with Gasteiger partial charge in [-0.15, -0.1) is 0 Å². The van der Waals surface area contributed by atoms with Crippen LogP contribution in [0, 0.1) is 0 Å². The molecule has 59 heavy (non-hydrogen) atoms. The summed E-state index contributed by atoms with van der Waals surface area (Å²) >= 11 is 0. The monoisotopic (exact) mass is 823 g/mol. The van der Waals surface area contributed by atoms with Gasteiger partial charge in [0.25, 0.3) is 0 Å². The number of esters is 3. The molecule has 338 valence electrons. The highest BCUT2D eigenvalue weighted by atomic mass is 16.6. The molecule has 6 nitrogen and oxygen atoms in total. The van der Waals surface area contributed by atoms with Crippen LogP contribution in [0.25, 0.3) is 0 Å². The molecule has 1 unspecified atom stereocenters. The van der Waals surface area contributed by atoms with Gasteiger partial charge in [-0.2, -0.15) is 0 Å². The van der Waals surface area contributed by atoms with Gasteiger partial charge in [-0.05, 0) is 83.5 Å². The Balaban J connectivity index is 4.41. The first-order valence-electron chi connectivity index (χ1n) is 24.5. The molecule has 0 rings (SSSR count). The number of carbonyl (C=O) groups excluding carboxylic acids is 3. The smallest absolute Gasteiger partial charge is 0.306 e. The van der Waals surface area contributed by atoms with Crippen LogP contribution >= 0.6 is 0 Å². The lowest BCUT2D eigenvalue weighted by atomic mass is 10.1. The number of allylic oxidation sites excluding steroid dienone is 12. The highest BCUT2D eigenvalue weighted by molar-refractivity contribution is 5.71. The third-order valence-electron chi connectivity index (χ3n) is 10.3. The first kappa shape index (κ1) is 55.9. The van der Waals surface area contributed by atoms with Crippen LogP contribution in [0.3, 0.4) is 0 Å². The summed E-state index contributed by atoms with van der Waals surface area (Å²) in [5.41, 5.74) is 0. The molecule has 0 aromatic heterocycles. The molecule has 0 radical (unpaired) electrons. The zero-order valence-electron chi connectivity index (χ0n) is 38.5. The van der Waals surface area contributed by atoms with Gasteiger partial charge in [0, 0.05) is 19.3 Å². The van der Waals surface area contributed by atoms with Crippen LogP contribution in [0.1, 0.15) is 226 Å². The van der Waals surface area contributed by atoms with E-state index in [-0.39, 0.29) is 31.1 Å². The zero-order valence-corrected chi connectivity index (χ0v) is 38.5. The molecule has 0 fully saturated rings. The maximum Gasteiger partial charge on any atom is 0.306 e. The molecule has 1 atom stereocenters. The summed E-state index contributed by atoms with van der Waals surface area (Å²) in [6.07, 6.45) is 58.9. The second-order valence-corrected chi connectivity index (χ2v) is 16.1. The van der Waals surface area contributed by atoms with Crippen molar-refractivity contribution in [1.82, 2.24) is 0 Å². The van der Waals surface area contributed by atoms with E-state index in [1.165, 1.54) is 89.9 Å². The minimum Gasteiger partial charge on any atom is -0.462 e. The van der Waals surface area contributed by atoms with Gasteiger partial charge in [0.05, 0.1) is 0 Å². The molecule has 0 aliphatic rings. The standard InChI is InChI=1S/C53H90O6/c1-4-7-10-13-16-19-22-24-25-26-27-29-31-34-37-40-43-46-52(55)58-49-50(48-57-51(54)45-42-39-36-33-30-21-18-15-12-9-6-3)59-53(56)47-44-41-38-35-32-28-23-20-17-14-11-8-5-2/h8,11,14-15,17-18,20-21,23-25,30,50H,4-7,9-10,12-13,16,19,22,26-29,31-49H2,1-3H3/b11-8-,17-14-,18-15-,23-20-,25-24-,30-21-. The van der Waals surface area contributed by atoms with Gasteiger partial charge in [0.15, 0.2) is 6.10 Å². The molecular weight excluding hydrogens is 733 g/mol. The van der Waals surface area contributed by atoms with Crippen molar-refractivity contribution in [3.05, 3.63) is 72.9 Å². The maximum absolute atomic E-state index is 12.7. The van der Waals surface area contributed by atoms with Gasteiger partial charge in [0.1, 0.15) is 13.2 Å². The summed E-state index contributed by atoms with van der Waals surface area (Å²) in [6.45, 7) is 6.39. The van der Waals surface area contributed by atoms with Crippen molar-refractivity contribution in [3.8, 4) is 0 Å². The summed E-state index contributed by atoms with van der Waals surface area (Å²) < 4.78 is 16.7. The first-order valence-corrected chi connectivity index (χ1v) is 24.5. The Hall–Kier alpha value is -3.15. The normalized spacial score (nSPS) is 12.7. The molecule has 0 bridgehead atoms. The number of ether oxygens (including phenoxy) is 3. The van der Waals surface area contributed by atoms with E-state index in [1.807, 2.05) is 0 Å². The van der Waals surface area contributed by atoms with Crippen LogP contribution in [-0.4, -0.2) is 37.2 Å². The SMILES string of the molecule is CC\C=C/C=C\C=C/CCCCCCCC(=O)OC(COC(=O)CCCCC/C=C\C=C/CCCC)COC(=O)CCCCCCCCC/C=C\CCCCCCCC. The minimum atomic E-state index is -0.797. The number of rotatable bonds is 43. The molecular formula is C53H90O6. The number of unbranched alkanes of at least 4 members (excludes halogenated alkanes) is 23. The van der Waals surface area contributed by atoms with Gasteiger partial charge >= 0.3 is 17.9 Å². The molecule has 0 saturated heterocycles. The van der Waals surface area contributed by atoms with E-state index in [1.54, 1.807) is 0 Å². The predicted octanol–water partition coefficient (Wildman–Crippen LogP) is 15.9. The average Bonchev–Trinajstić information content (AvgIpc) is 3.23. The fraction of sp³-hybridized carbons (Fsp3) is 0.717. The third kappa shape index (κ3) is 45.8. The van der Waals surface area contributed by atoms with E-state index in [9.17, 15) is 14.4 Å². The quantitative estimate of drug-likeness (QED) is 0.0200. The van der Waals surface area contributed by atoms with Gasteiger partial charge in [-0.3, -0.25) is 14.4 Å². The summed E-state index contributed by atoms with van der Waals surface area (Å²) in [6, 6.07) is 0. The topological polar surface area (TPSA) is 78.9 Å². The molecule has 0 aromatic rings. The molecule has 6 heteroatoms. The fourth-order valence-corrected chi connectivity index (χ4v) is 6.53. The van der Waals surface area contributed by atoms with E-state index >= 15 is 0 Å². The molecule has 0 aliphatic carbocycles. The van der Waals surface area contributed by atoms with Gasteiger partial charge in [-0.1, -0.05) is 196 Å². The van der Waals surface area contributed by atoms with Crippen LogP contribution in [0.5, 0.6) is 0 Å². The van der Waals surface area contributed by atoms with E-state index in [2.05, 4.69) is 93.7 Å². The lowest BCUT2D eigenvalue weighted by Gasteiger charge is -2.18. The van der Waals surface area contributed by atoms with E-state index in [0.29, 0.717) is 19.3 Å². The van der Waals surface area contributed by atoms with Crippen molar-refractivity contribution >= 4 is 17.9 Å². The highest BCUT2D eigenvalue weighted by Gasteiger charge is 2.19. The van der Waals surface area contributed by atoms with Crippen molar-refractivity contribution in [1.29, 1.82) is 0 Å². The summed E-state index contributed by atoms with van der Waals surface area (Å²) in [5.74, 6) is -0.952. The van der Waals surface area contributed by atoms with Gasteiger partial charge in [-0.25, -0.2) is 0 Å². The summed E-state index contributed by atoms with van der Waals surface area (Å²) in [5, 5.41) is 0. The molecule has 0 spiro atoms. The van der Waals surface area contributed by atoms with Crippen molar-refractivity contribution in [2.24, 2.45) is 0 Å². The number of carbonyl (C=O) groups is 3. The van der Waals surface area contributed by atoms with Crippen LogP contribution in [0.2, 0.25) is 0 Å². The van der Waals surface area contributed by atoms with Crippen LogP contribution < -0.4 is 0 Å². The largest absolute Gasteiger partial charge is 0.462 e. The van der Waals surface area contributed by atoms with E-state index < -0.39 is 6.10 Å². The van der Waals surface area contributed by atoms with Gasteiger partial charge < -0.3 is 14.2 Å². The molecule has 0 heterocycles. The zero-order chi connectivity index (χ0) is 43.0. The number of hydrogen-bond donors (Lipinski definition) is 0. The molecule has 0 N–H and O–H groups in total. The Kier molecular flexibility index (Phi) is 45.0. The third-order valence-corrected chi connectivity index (χ3v) is 10.3. The van der Waals surface area contributed by atoms with Gasteiger partial charge in [0.2, 0.25) is 0 Å². The lowest BCUT2D eigenvalue weighted by molar-refractivity contribution is -0.167. The molecule has 0 aliphatic heterocycles. The minimum absolute atomic E-state index is 0.0952. The lowest BCUT2D eigenvalue weighted by Crippen LogP contribution is -2.30. The Labute approximate surface area is 363 Å². The molecule has 0 saturated carbocycles. The Morgan fingerprint density at radius 2 is 0.695 bits per heavy atom. The van der Waals surface area contributed by atoms with Crippen LogP contribution in [-0.2, 0) is 28.6 Å². The van der Waals surface area contributed by atoms with E-state index in [4.69, 9.17) is 14.2 Å². The summed E-state index contributed by atoms with van der Waals surface area (Å²) in [7, 11) is 0. The van der Waals surface area contributed by atoms with Crippen molar-refractivity contribution in [2.45, 2.75) is 232 Å². The second kappa shape index (κ2) is 47.5. The molecule has 0 aromatic carbocycles. The predicted molar refractivity (Wildman–Crippen MR) is 251 cm³/mol. The fourth-order valence-electron chi connectivity index (χ4n) is 6.53. The van der Waals surface area contributed by atoms with Crippen LogP contribution in [0.4, 0.5) is 0 Å². The maximum atomic E-state index is 12.7. The second-order valence-electron chi connectivity index (χ2n) is 16.1.